The van der Waals surface area contributed by atoms with E-state index in [1.807, 2.05) is 13.0 Å². The van der Waals surface area contributed by atoms with Gasteiger partial charge in [-0.2, -0.15) is 0 Å². The maximum atomic E-state index is 13.6. The van der Waals surface area contributed by atoms with Crippen LogP contribution in [0.2, 0.25) is 0 Å². The average Bonchev–Trinajstić information content (AvgIpc) is 2.91. The molecule has 1 aromatic carbocycles. The van der Waals surface area contributed by atoms with Crippen LogP contribution in [0.4, 0.5) is 10.1 Å². The fraction of sp³-hybridized carbons (Fsp3) is 0.500. The van der Waals surface area contributed by atoms with Gasteiger partial charge >= 0.3 is 0 Å². The van der Waals surface area contributed by atoms with Gasteiger partial charge < -0.3 is 5.32 Å². The van der Waals surface area contributed by atoms with Gasteiger partial charge in [0.05, 0.1) is 5.69 Å². The SMILES string of the molecule is Cc1cccc(F)c1NC(=O)C1CC2CC2C1. The van der Waals surface area contributed by atoms with Crippen molar-refractivity contribution in [2.75, 3.05) is 5.32 Å². The van der Waals surface area contributed by atoms with E-state index < -0.39 is 0 Å². The lowest BCUT2D eigenvalue weighted by Crippen LogP contribution is -2.22. The number of hydrogen-bond donors (Lipinski definition) is 1. The Morgan fingerprint density at radius 1 is 1.29 bits per heavy atom. The molecule has 2 atom stereocenters. The number of anilines is 1. The van der Waals surface area contributed by atoms with Gasteiger partial charge in [0.1, 0.15) is 5.82 Å². The monoisotopic (exact) mass is 233 g/mol. The zero-order valence-corrected chi connectivity index (χ0v) is 9.87. The van der Waals surface area contributed by atoms with Crippen LogP contribution in [-0.2, 0) is 4.79 Å². The molecule has 0 saturated heterocycles. The first-order valence-electron chi connectivity index (χ1n) is 6.21. The van der Waals surface area contributed by atoms with E-state index in [-0.39, 0.29) is 17.6 Å². The molecule has 3 rings (SSSR count). The van der Waals surface area contributed by atoms with Gasteiger partial charge in [0.2, 0.25) is 5.91 Å². The van der Waals surface area contributed by atoms with Gasteiger partial charge in [-0.05, 0) is 49.7 Å². The summed E-state index contributed by atoms with van der Waals surface area (Å²) < 4.78 is 13.6. The molecule has 2 nitrogen and oxygen atoms in total. The Bertz CT molecular complexity index is 441. The molecular formula is C14H16FNO. The second-order valence-corrected chi connectivity index (χ2v) is 5.35. The van der Waals surface area contributed by atoms with Crippen LogP contribution in [0.15, 0.2) is 18.2 Å². The van der Waals surface area contributed by atoms with Crippen molar-refractivity contribution >= 4 is 11.6 Å². The molecular weight excluding hydrogens is 217 g/mol. The summed E-state index contributed by atoms with van der Waals surface area (Å²) in [5.41, 5.74) is 1.12. The first-order valence-corrected chi connectivity index (χ1v) is 6.21. The maximum Gasteiger partial charge on any atom is 0.227 e. The van der Waals surface area contributed by atoms with Crippen molar-refractivity contribution in [2.24, 2.45) is 17.8 Å². The summed E-state index contributed by atoms with van der Waals surface area (Å²) in [5, 5.41) is 2.75. The molecule has 0 aromatic heterocycles. The van der Waals surface area contributed by atoms with Crippen LogP contribution in [0.25, 0.3) is 0 Å². The minimum Gasteiger partial charge on any atom is -0.323 e. The summed E-state index contributed by atoms with van der Waals surface area (Å²) >= 11 is 0. The van der Waals surface area contributed by atoms with E-state index in [0.29, 0.717) is 5.69 Å². The number of rotatable bonds is 2. The van der Waals surface area contributed by atoms with Gasteiger partial charge in [0, 0.05) is 5.92 Å². The first-order chi connectivity index (χ1) is 8.15. The molecule has 2 aliphatic rings. The lowest BCUT2D eigenvalue weighted by atomic mass is 10.0. The second kappa shape index (κ2) is 3.83. The van der Waals surface area contributed by atoms with Gasteiger partial charge in [-0.15, -0.1) is 0 Å². The van der Waals surface area contributed by atoms with Gasteiger partial charge in [-0.1, -0.05) is 12.1 Å². The molecule has 2 aliphatic carbocycles. The van der Waals surface area contributed by atoms with E-state index in [9.17, 15) is 9.18 Å². The van der Waals surface area contributed by atoms with Crippen molar-refractivity contribution in [3.8, 4) is 0 Å². The Morgan fingerprint density at radius 2 is 2.00 bits per heavy atom. The molecule has 90 valence electrons. The number of aryl methyl sites for hydroxylation is 1. The molecule has 0 radical (unpaired) electrons. The summed E-state index contributed by atoms with van der Waals surface area (Å²) in [6.07, 6.45) is 3.27. The summed E-state index contributed by atoms with van der Waals surface area (Å²) in [6.45, 7) is 1.81. The van der Waals surface area contributed by atoms with Crippen LogP contribution in [-0.4, -0.2) is 5.91 Å². The minimum absolute atomic E-state index is 0.00889. The van der Waals surface area contributed by atoms with Gasteiger partial charge in [0.25, 0.3) is 0 Å². The Labute approximate surface area is 100 Å². The molecule has 0 heterocycles. The average molecular weight is 233 g/mol. The number of carbonyl (C=O) groups is 1. The molecule has 0 aliphatic heterocycles. The van der Waals surface area contributed by atoms with Crippen LogP contribution in [0.3, 0.4) is 0 Å². The molecule has 2 saturated carbocycles. The molecule has 0 spiro atoms. The van der Waals surface area contributed by atoms with Crippen molar-refractivity contribution in [1.82, 2.24) is 0 Å². The first kappa shape index (κ1) is 10.8. The van der Waals surface area contributed by atoms with Crippen LogP contribution >= 0.6 is 0 Å². The number of carbonyl (C=O) groups excluding carboxylic acids is 1. The van der Waals surface area contributed by atoms with Crippen LogP contribution in [0.1, 0.15) is 24.8 Å². The van der Waals surface area contributed by atoms with E-state index in [1.165, 1.54) is 12.5 Å². The third kappa shape index (κ3) is 1.94. The zero-order valence-electron chi connectivity index (χ0n) is 9.87. The highest BCUT2D eigenvalue weighted by Crippen LogP contribution is 2.54. The van der Waals surface area contributed by atoms with E-state index in [0.717, 1.165) is 30.2 Å². The van der Waals surface area contributed by atoms with Crippen molar-refractivity contribution in [1.29, 1.82) is 0 Å². The van der Waals surface area contributed by atoms with E-state index in [4.69, 9.17) is 0 Å². The number of nitrogens with one attached hydrogen (secondary N) is 1. The van der Waals surface area contributed by atoms with Crippen LogP contribution in [0.5, 0.6) is 0 Å². The van der Waals surface area contributed by atoms with Crippen molar-refractivity contribution in [3.63, 3.8) is 0 Å². The fourth-order valence-electron chi connectivity index (χ4n) is 2.94. The number of fused-ring (bicyclic) bond motifs is 1. The lowest BCUT2D eigenvalue weighted by Gasteiger charge is -2.14. The highest BCUT2D eigenvalue weighted by atomic mass is 19.1. The summed E-state index contributed by atoms with van der Waals surface area (Å²) in [6, 6.07) is 4.85. The predicted molar refractivity (Wildman–Crippen MR) is 64.1 cm³/mol. The molecule has 0 bridgehead atoms. The summed E-state index contributed by atoms with van der Waals surface area (Å²) in [5.74, 6) is 1.28. The number of halogens is 1. The molecule has 1 aromatic rings. The number of hydrogen-bond acceptors (Lipinski definition) is 1. The predicted octanol–water partition coefficient (Wildman–Crippen LogP) is 3.12. The topological polar surface area (TPSA) is 29.1 Å². The molecule has 1 N–H and O–H groups in total. The molecule has 2 fully saturated rings. The number of amides is 1. The van der Waals surface area contributed by atoms with Crippen LogP contribution < -0.4 is 5.32 Å². The third-order valence-electron chi connectivity index (χ3n) is 4.08. The largest absolute Gasteiger partial charge is 0.323 e. The van der Waals surface area contributed by atoms with Gasteiger partial charge in [0.15, 0.2) is 0 Å². The van der Waals surface area contributed by atoms with Crippen LogP contribution in [0, 0.1) is 30.5 Å². The van der Waals surface area contributed by atoms with Gasteiger partial charge in [-0.3, -0.25) is 4.79 Å². The third-order valence-corrected chi connectivity index (χ3v) is 4.08. The van der Waals surface area contributed by atoms with Crippen molar-refractivity contribution in [3.05, 3.63) is 29.6 Å². The number of para-hydroxylation sites is 1. The Hall–Kier alpha value is -1.38. The number of benzene rings is 1. The van der Waals surface area contributed by atoms with E-state index in [1.54, 1.807) is 6.07 Å². The standard InChI is InChI=1S/C14H16FNO/c1-8-3-2-4-12(15)13(8)16-14(17)11-6-9-5-10(9)7-11/h2-4,9-11H,5-7H2,1H3,(H,16,17). The Morgan fingerprint density at radius 3 is 2.65 bits per heavy atom. The second-order valence-electron chi connectivity index (χ2n) is 5.35. The maximum absolute atomic E-state index is 13.6. The van der Waals surface area contributed by atoms with Crippen molar-refractivity contribution in [2.45, 2.75) is 26.2 Å². The van der Waals surface area contributed by atoms with E-state index >= 15 is 0 Å². The highest BCUT2D eigenvalue weighted by molar-refractivity contribution is 5.93. The lowest BCUT2D eigenvalue weighted by molar-refractivity contribution is -0.120. The van der Waals surface area contributed by atoms with Crippen molar-refractivity contribution < 1.29 is 9.18 Å². The zero-order chi connectivity index (χ0) is 12.0. The Balaban J connectivity index is 1.72. The molecule has 2 unspecified atom stereocenters. The normalized spacial score (nSPS) is 29.9. The quantitative estimate of drug-likeness (QED) is 0.835. The fourth-order valence-corrected chi connectivity index (χ4v) is 2.94. The minimum atomic E-state index is -0.346. The highest BCUT2D eigenvalue weighted by Gasteiger charge is 2.48. The Kier molecular flexibility index (Phi) is 2.42. The van der Waals surface area contributed by atoms with Gasteiger partial charge in [-0.25, -0.2) is 4.39 Å². The molecule has 3 heteroatoms. The summed E-state index contributed by atoms with van der Waals surface area (Å²) in [7, 11) is 0. The molecule has 1 amide bonds. The molecule has 17 heavy (non-hydrogen) atoms. The summed E-state index contributed by atoms with van der Waals surface area (Å²) in [4.78, 5) is 12.0. The smallest absolute Gasteiger partial charge is 0.227 e. The van der Waals surface area contributed by atoms with E-state index in [2.05, 4.69) is 5.32 Å².